The zero-order chi connectivity index (χ0) is 22.8. The molecule has 3 amide bonds. The number of phenolic OH excluding ortho intramolecular Hbond substituents is 1. The van der Waals surface area contributed by atoms with E-state index in [4.69, 9.17) is 10.8 Å². The summed E-state index contributed by atoms with van der Waals surface area (Å²) in [5, 5.41) is 43.5. The molecule has 30 heavy (non-hydrogen) atoms. The van der Waals surface area contributed by atoms with Gasteiger partial charge in [0, 0.05) is 6.42 Å². The second-order valence-electron chi connectivity index (χ2n) is 6.55. The number of nitrogens with two attached hydrogens (primary N) is 1. The number of aliphatic carboxylic acids is 1. The van der Waals surface area contributed by atoms with Gasteiger partial charge < -0.3 is 42.1 Å². The van der Waals surface area contributed by atoms with Crippen molar-refractivity contribution < 1.29 is 39.6 Å². The summed E-state index contributed by atoms with van der Waals surface area (Å²) in [6, 6.07) is 1.72. The normalized spacial score (nSPS) is 14.7. The number of aliphatic hydroxyl groups excluding tert-OH is 2. The molecule has 0 fully saturated rings. The number of amides is 3. The highest BCUT2D eigenvalue weighted by Gasteiger charge is 2.29. The van der Waals surface area contributed by atoms with E-state index in [0.29, 0.717) is 5.56 Å². The minimum absolute atomic E-state index is 0.00725. The predicted molar refractivity (Wildman–Crippen MR) is 103 cm³/mol. The molecule has 1 rings (SSSR count). The predicted octanol–water partition coefficient (Wildman–Crippen LogP) is -3.19. The van der Waals surface area contributed by atoms with Gasteiger partial charge in [0.1, 0.15) is 30.4 Å². The van der Waals surface area contributed by atoms with Crippen molar-refractivity contribution in [3.05, 3.63) is 29.8 Å². The summed E-state index contributed by atoms with van der Waals surface area (Å²) in [5.74, 6) is -3.90. The molecule has 0 heterocycles. The van der Waals surface area contributed by atoms with Crippen LogP contribution in [0.3, 0.4) is 0 Å². The molecule has 0 aliphatic rings. The summed E-state index contributed by atoms with van der Waals surface area (Å²) in [6.45, 7) is -0.213. The van der Waals surface area contributed by atoms with Crippen LogP contribution in [-0.4, -0.2) is 81.5 Å². The van der Waals surface area contributed by atoms with E-state index in [0.717, 1.165) is 0 Å². The first kappa shape index (κ1) is 24.8. The monoisotopic (exact) mass is 426 g/mol. The lowest BCUT2D eigenvalue weighted by Gasteiger charge is -2.23. The Bertz CT molecular complexity index is 753. The molecule has 0 saturated carbocycles. The fraction of sp³-hybridized carbons (Fsp3) is 0.444. The maximum Gasteiger partial charge on any atom is 0.322 e. The van der Waals surface area contributed by atoms with E-state index in [1.165, 1.54) is 31.2 Å². The third-order valence-electron chi connectivity index (χ3n) is 4.06. The fourth-order valence-corrected chi connectivity index (χ4v) is 2.32. The van der Waals surface area contributed by atoms with E-state index >= 15 is 0 Å². The number of carboxylic acid groups (broad SMARTS) is 1. The van der Waals surface area contributed by atoms with Crippen molar-refractivity contribution in [1.29, 1.82) is 0 Å². The third kappa shape index (κ3) is 8.03. The molecule has 0 saturated heterocycles. The van der Waals surface area contributed by atoms with Gasteiger partial charge in [-0.25, -0.2) is 0 Å². The molecule has 0 aliphatic heterocycles. The van der Waals surface area contributed by atoms with Crippen molar-refractivity contribution in [1.82, 2.24) is 16.0 Å². The zero-order valence-electron chi connectivity index (χ0n) is 16.2. The van der Waals surface area contributed by atoms with Gasteiger partial charge in [0.25, 0.3) is 0 Å². The number of rotatable bonds is 11. The Morgan fingerprint density at radius 3 is 2.07 bits per heavy atom. The maximum atomic E-state index is 12.5. The first-order valence-corrected chi connectivity index (χ1v) is 8.97. The van der Waals surface area contributed by atoms with Gasteiger partial charge in [0.2, 0.25) is 17.7 Å². The van der Waals surface area contributed by atoms with Gasteiger partial charge in [-0.15, -0.1) is 0 Å². The number of carbonyl (C=O) groups excluding carboxylic acids is 3. The summed E-state index contributed by atoms with van der Waals surface area (Å²) >= 11 is 0. The van der Waals surface area contributed by atoms with Gasteiger partial charge in [-0.05, 0) is 24.6 Å². The summed E-state index contributed by atoms with van der Waals surface area (Å²) in [5.41, 5.74) is 6.02. The van der Waals surface area contributed by atoms with E-state index in [-0.39, 0.29) is 12.2 Å². The van der Waals surface area contributed by atoms with Crippen molar-refractivity contribution >= 4 is 23.7 Å². The minimum atomic E-state index is -1.46. The Labute approximate surface area is 172 Å². The van der Waals surface area contributed by atoms with Crippen LogP contribution in [0.5, 0.6) is 5.75 Å². The lowest BCUT2D eigenvalue weighted by Crippen LogP contribution is -2.58. The number of benzene rings is 1. The standard InChI is InChI=1S/C18H26N4O8/c1-9(24)15(19)18(30)22-13(8-23)17(29)21-12(16(28)20-7-14(26)27)6-10-2-4-11(25)5-3-10/h2-5,9,12-13,15,23-25H,6-8,19H2,1H3,(H,20,28)(H,21,29)(H,22,30)(H,26,27). The molecule has 1 aromatic carbocycles. The summed E-state index contributed by atoms with van der Waals surface area (Å²) < 4.78 is 0. The summed E-state index contributed by atoms with van der Waals surface area (Å²) in [7, 11) is 0. The number of aromatic hydroxyl groups is 1. The van der Waals surface area contributed by atoms with E-state index in [1.54, 1.807) is 0 Å². The SMILES string of the molecule is CC(O)C(N)C(=O)NC(CO)C(=O)NC(Cc1ccc(O)cc1)C(=O)NCC(=O)O. The summed E-state index contributed by atoms with van der Waals surface area (Å²) in [4.78, 5) is 47.4. The molecule has 12 nitrogen and oxygen atoms in total. The molecular weight excluding hydrogens is 400 g/mol. The Morgan fingerprint density at radius 1 is 1.00 bits per heavy atom. The second-order valence-corrected chi connectivity index (χ2v) is 6.55. The number of carboxylic acids is 1. The van der Waals surface area contributed by atoms with Crippen LogP contribution in [0.15, 0.2) is 24.3 Å². The molecule has 9 N–H and O–H groups in total. The topological polar surface area (TPSA) is 211 Å². The number of aliphatic hydroxyl groups is 2. The van der Waals surface area contributed by atoms with Gasteiger partial charge in [-0.2, -0.15) is 0 Å². The van der Waals surface area contributed by atoms with Crippen molar-refractivity contribution in [2.24, 2.45) is 5.73 Å². The largest absolute Gasteiger partial charge is 0.508 e. The highest BCUT2D eigenvalue weighted by atomic mass is 16.4. The molecule has 0 spiro atoms. The van der Waals surface area contributed by atoms with E-state index in [2.05, 4.69) is 16.0 Å². The fourth-order valence-electron chi connectivity index (χ4n) is 2.32. The minimum Gasteiger partial charge on any atom is -0.508 e. The molecule has 0 bridgehead atoms. The molecule has 4 unspecified atom stereocenters. The van der Waals surface area contributed by atoms with Crippen molar-refractivity contribution in [3.63, 3.8) is 0 Å². The molecule has 0 aliphatic carbocycles. The van der Waals surface area contributed by atoms with Gasteiger partial charge >= 0.3 is 5.97 Å². The van der Waals surface area contributed by atoms with Crippen molar-refractivity contribution in [3.8, 4) is 5.75 Å². The van der Waals surface area contributed by atoms with Crippen LogP contribution in [0.25, 0.3) is 0 Å². The Kier molecular flexibility index (Phi) is 9.68. The highest BCUT2D eigenvalue weighted by molar-refractivity contribution is 5.94. The average Bonchev–Trinajstić information content (AvgIpc) is 2.70. The van der Waals surface area contributed by atoms with Crippen LogP contribution < -0.4 is 21.7 Å². The highest BCUT2D eigenvalue weighted by Crippen LogP contribution is 2.11. The Balaban J connectivity index is 2.92. The third-order valence-corrected chi connectivity index (χ3v) is 4.06. The lowest BCUT2D eigenvalue weighted by atomic mass is 10.0. The van der Waals surface area contributed by atoms with E-state index in [1.807, 2.05) is 0 Å². The molecular formula is C18H26N4O8. The smallest absolute Gasteiger partial charge is 0.322 e. The van der Waals surface area contributed by atoms with Crippen LogP contribution >= 0.6 is 0 Å². The average molecular weight is 426 g/mol. The van der Waals surface area contributed by atoms with Gasteiger partial charge in [-0.3, -0.25) is 19.2 Å². The molecule has 0 aromatic heterocycles. The van der Waals surface area contributed by atoms with Crippen LogP contribution in [0.4, 0.5) is 0 Å². The number of phenols is 1. The second kappa shape index (κ2) is 11.7. The van der Waals surface area contributed by atoms with Gasteiger partial charge in [0.15, 0.2) is 0 Å². The number of hydrogen-bond donors (Lipinski definition) is 8. The van der Waals surface area contributed by atoms with Crippen LogP contribution in [0, 0.1) is 0 Å². The van der Waals surface area contributed by atoms with Crippen molar-refractivity contribution in [2.45, 2.75) is 37.6 Å². The molecule has 166 valence electrons. The molecule has 4 atom stereocenters. The number of hydrogen-bond acceptors (Lipinski definition) is 8. The first-order valence-electron chi connectivity index (χ1n) is 8.97. The van der Waals surface area contributed by atoms with Crippen LogP contribution in [0.1, 0.15) is 12.5 Å². The quantitative estimate of drug-likeness (QED) is 0.179. The lowest BCUT2D eigenvalue weighted by molar-refractivity contribution is -0.138. The van der Waals surface area contributed by atoms with Gasteiger partial charge in [0.05, 0.1) is 12.7 Å². The molecule has 0 radical (unpaired) electrons. The van der Waals surface area contributed by atoms with E-state index < -0.39 is 61.1 Å². The molecule has 12 heteroatoms. The Hall–Kier alpha value is -3.22. The summed E-state index contributed by atoms with van der Waals surface area (Å²) in [6.07, 6.45) is -1.26. The van der Waals surface area contributed by atoms with Crippen LogP contribution in [-0.2, 0) is 25.6 Å². The maximum absolute atomic E-state index is 12.5. The first-order chi connectivity index (χ1) is 14.0. The van der Waals surface area contributed by atoms with Crippen LogP contribution in [0.2, 0.25) is 0 Å². The molecule has 1 aromatic rings. The van der Waals surface area contributed by atoms with Crippen molar-refractivity contribution in [2.75, 3.05) is 13.2 Å². The zero-order valence-corrected chi connectivity index (χ0v) is 16.2. The van der Waals surface area contributed by atoms with Gasteiger partial charge in [-0.1, -0.05) is 12.1 Å². The Morgan fingerprint density at radius 2 is 1.57 bits per heavy atom. The van der Waals surface area contributed by atoms with E-state index in [9.17, 15) is 34.5 Å². The number of carbonyl (C=O) groups is 4. The number of nitrogens with one attached hydrogen (secondary N) is 3.